The van der Waals surface area contributed by atoms with Crippen molar-refractivity contribution in [2.75, 3.05) is 6.54 Å². The summed E-state index contributed by atoms with van der Waals surface area (Å²) in [6.45, 7) is 4.73. The van der Waals surface area contributed by atoms with Crippen LogP contribution in [0.25, 0.3) is 0 Å². The molecule has 1 aromatic heterocycles. The third-order valence-corrected chi connectivity index (χ3v) is 6.01. The number of halogens is 1. The van der Waals surface area contributed by atoms with E-state index in [2.05, 4.69) is 44.8 Å². The summed E-state index contributed by atoms with van der Waals surface area (Å²) in [5, 5.41) is 7.44. The smallest absolute Gasteiger partial charge is 0.235 e. The molecule has 0 atom stereocenters. The Morgan fingerprint density at radius 1 is 1.50 bits per heavy atom. The van der Waals surface area contributed by atoms with Crippen LogP contribution in [0.5, 0.6) is 0 Å². The van der Waals surface area contributed by atoms with Gasteiger partial charge in [0.2, 0.25) is 5.03 Å². The molecular weight excluding hydrogens is 320 g/mol. The summed E-state index contributed by atoms with van der Waals surface area (Å²) in [5.74, 6) is 0.480. The maximum absolute atomic E-state index is 12.2. The zero-order valence-electron chi connectivity index (χ0n) is 10.6. The monoisotopic (exact) mass is 336 g/mol. The van der Waals surface area contributed by atoms with Gasteiger partial charge in [0.05, 0.1) is 0 Å². The van der Waals surface area contributed by atoms with Crippen LogP contribution >= 0.6 is 15.9 Å². The normalized spacial score (nSPS) is 18.3. The summed E-state index contributed by atoms with van der Waals surface area (Å²) in [7, 11) is -2.01. The van der Waals surface area contributed by atoms with Gasteiger partial charge in [0.15, 0.2) is 4.60 Å². The molecule has 1 heterocycles. The van der Waals surface area contributed by atoms with Crippen LogP contribution in [0.3, 0.4) is 0 Å². The number of rotatable bonds is 5. The van der Waals surface area contributed by atoms with Crippen molar-refractivity contribution >= 4 is 26.0 Å². The lowest BCUT2D eigenvalue weighted by Gasteiger charge is -2.19. The second-order valence-corrected chi connectivity index (χ2v) is 7.58. The van der Waals surface area contributed by atoms with E-state index in [0.717, 1.165) is 12.8 Å². The minimum atomic E-state index is -3.56. The topological polar surface area (TPSA) is 76.9 Å². The minimum Gasteiger partial charge on any atom is -0.235 e. The number of hydrogen-bond acceptors (Lipinski definition) is 4. The molecule has 1 fully saturated rings. The molecule has 1 saturated carbocycles. The molecule has 18 heavy (non-hydrogen) atoms. The summed E-state index contributed by atoms with van der Waals surface area (Å²) in [5.41, 5.74) is 0.131. The van der Waals surface area contributed by atoms with Crippen LogP contribution in [0.15, 0.2) is 9.63 Å². The van der Waals surface area contributed by atoms with Gasteiger partial charge in [-0.15, -0.1) is 5.10 Å². The Balaban J connectivity index is 2.14. The highest BCUT2D eigenvalue weighted by atomic mass is 79.9. The molecule has 0 aromatic carbocycles. The average molecular weight is 337 g/mol. The van der Waals surface area contributed by atoms with Crippen LogP contribution in [-0.4, -0.2) is 30.0 Å². The molecule has 0 spiro atoms. The fourth-order valence-corrected chi connectivity index (χ4v) is 4.26. The molecule has 0 saturated heterocycles. The van der Waals surface area contributed by atoms with E-state index < -0.39 is 10.0 Å². The Bertz CT molecular complexity index is 529. The van der Waals surface area contributed by atoms with Crippen LogP contribution in [0.2, 0.25) is 0 Å². The summed E-state index contributed by atoms with van der Waals surface area (Å²) in [6, 6.07) is 0. The van der Waals surface area contributed by atoms with Crippen LogP contribution in [0.4, 0.5) is 0 Å². The predicted octanol–water partition coefficient (Wildman–Crippen LogP) is 1.29. The summed E-state index contributed by atoms with van der Waals surface area (Å²) < 4.78 is 28.5. The van der Waals surface area contributed by atoms with Crippen molar-refractivity contribution < 1.29 is 8.42 Å². The number of sulfonamides is 1. The number of nitrogens with zero attached hydrogens (tertiary/aromatic N) is 3. The predicted molar refractivity (Wildman–Crippen MR) is 70.4 cm³/mol. The van der Waals surface area contributed by atoms with Gasteiger partial charge in [0.25, 0.3) is 10.0 Å². The molecule has 0 unspecified atom stereocenters. The maximum atomic E-state index is 12.2. The van der Waals surface area contributed by atoms with Gasteiger partial charge in [0, 0.05) is 13.6 Å². The van der Waals surface area contributed by atoms with Crippen molar-refractivity contribution in [3.63, 3.8) is 0 Å². The van der Waals surface area contributed by atoms with Crippen LogP contribution in [-0.2, 0) is 17.1 Å². The quantitative estimate of drug-likeness (QED) is 0.878. The van der Waals surface area contributed by atoms with E-state index >= 15 is 0 Å². The Labute approximate surface area is 115 Å². The lowest BCUT2D eigenvalue weighted by atomic mass is 9.93. The van der Waals surface area contributed by atoms with Gasteiger partial charge >= 0.3 is 0 Å². The molecule has 0 radical (unpaired) electrons. The third-order valence-electron chi connectivity index (χ3n) is 3.72. The first-order valence-corrected chi connectivity index (χ1v) is 8.11. The second-order valence-electron chi connectivity index (χ2n) is 5.15. The molecule has 2 rings (SSSR count). The van der Waals surface area contributed by atoms with Crippen molar-refractivity contribution in [2.24, 2.45) is 18.4 Å². The lowest BCUT2D eigenvalue weighted by molar-refractivity contribution is 0.357. The Kier molecular flexibility index (Phi) is 3.54. The van der Waals surface area contributed by atoms with Gasteiger partial charge in [-0.05, 0) is 40.1 Å². The van der Waals surface area contributed by atoms with Crippen LogP contribution < -0.4 is 4.72 Å². The van der Waals surface area contributed by atoms with Gasteiger partial charge in [0.1, 0.15) is 0 Å². The standard InChI is InChI=1S/C10H17BrN4O2S/c1-7(2)10(4-5-10)6-12-18(16,17)9-8(11)13-14-15(9)3/h7,12H,4-6H2,1-3H3. The molecule has 102 valence electrons. The molecule has 1 N–H and O–H groups in total. The molecule has 1 aliphatic rings. The second kappa shape index (κ2) is 4.57. The molecule has 0 bridgehead atoms. The van der Waals surface area contributed by atoms with Crippen molar-refractivity contribution in [1.82, 2.24) is 19.7 Å². The maximum Gasteiger partial charge on any atom is 0.260 e. The number of hydrogen-bond donors (Lipinski definition) is 1. The van der Waals surface area contributed by atoms with Crippen molar-refractivity contribution in [3.05, 3.63) is 4.60 Å². The molecule has 8 heteroatoms. The van der Waals surface area contributed by atoms with Gasteiger partial charge < -0.3 is 0 Å². The molecule has 0 amide bonds. The van der Waals surface area contributed by atoms with E-state index in [0.29, 0.717) is 12.5 Å². The fourth-order valence-electron chi connectivity index (χ4n) is 2.03. The van der Waals surface area contributed by atoms with Gasteiger partial charge in [-0.3, -0.25) is 0 Å². The molecule has 0 aliphatic heterocycles. The highest BCUT2D eigenvalue weighted by molar-refractivity contribution is 9.10. The Morgan fingerprint density at radius 3 is 2.50 bits per heavy atom. The fraction of sp³-hybridized carbons (Fsp3) is 0.800. The Hall–Kier alpha value is -0.470. The summed E-state index contributed by atoms with van der Waals surface area (Å²) in [4.78, 5) is 0. The van der Waals surface area contributed by atoms with Crippen molar-refractivity contribution in [2.45, 2.75) is 31.7 Å². The molecular formula is C10H17BrN4O2S. The van der Waals surface area contributed by atoms with Gasteiger partial charge in [-0.2, -0.15) is 0 Å². The van der Waals surface area contributed by atoms with E-state index in [1.807, 2.05) is 0 Å². The Morgan fingerprint density at radius 2 is 2.11 bits per heavy atom. The zero-order valence-corrected chi connectivity index (χ0v) is 13.0. The van der Waals surface area contributed by atoms with E-state index in [1.165, 1.54) is 4.68 Å². The van der Waals surface area contributed by atoms with Gasteiger partial charge in [-0.1, -0.05) is 19.1 Å². The zero-order chi connectivity index (χ0) is 13.6. The van der Waals surface area contributed by atoms with Gasteiger partial charge in [-0.25, -0.2) is 17.8 Å². The molecule has 1 aromatic rings. The van der Waals surface area contributed by atoms with E-state index in [9.17, 15) is 8.42 Å². The van der Waals surface area contributed by atoms with Crippen LogP contribution in [0.1, 0.15) is 26.7 Å². The van der Waals surface area contributed by atoms with Crippen molar-refractivity contribution in [3.8, 4) is 0 Å². The first-order chi connectivity index (χ1) is 8.28. The first kappa shape index (κ1) is 14.0. The highest BCUT2D eigenvalue weighted by Crippen LogP contribution is 2.51. The lowest BCUT2D eigenvalue weighted by Crippen LogP contribution is -2.33. The minimum absolute atomic E-state index is 0.0713. The number of aromatic nitrogens is 3. The summed E-state index contributed by atoms with van der Waals surface area (Å²) in [6.07, 6.45) is 2.16. The SMILES string of the molecule is CC(C)C1(CNS(=O)(=O)c2c(Br)nnn2C)CC1. The summed E-state index contributed by atoms with van der Waals surface area (Å²) >= 11 is 3.10. The number of aryl methyl sites for hydroxylation is 1. The molecule has 6 nitrogen and oxygen atoms in total. The highest BCUT2D eigenvalue weighted by Gasteiger charge is 2.46. The van der Waals surface area contributed by atoms with Crippen molar-refractivity contribution in [1.29, 1.82) is 0 Å². The van der Waals surface area contributed by atoms with E-state index in [-0.39, 0.29) is 15.0 Å². The largest absolute Gasteiger partial charge is 0.260 e. The average Bonchev–Trinajstić information content (AvgIpc) is 2.98. The first-order valence-electron chi connectivity index (χ1n) is 5.83. The van der Waals surface area contributed by atoms with E-state index in [1.54, 1.807) is 7.05 Å². The number of nitrogens with one attached hydrogen (secondary N) is 1. The van der Waals surface area contributed by atoms with Crippen LogP contribution in [0, 0.1) is 11.3 Å². The van der Waals surface area contributed by atoms with E-state index in [4.69, 9.17) is 0 Å². The molecule has 1 aliphatic carbocycles. The third kappa shape index (κ3) is 2.46.